The number of ether oxygens (including phenoxy) is 1. The van der Waals surface area contributed by atoms with Crippen LogP contribution in [0.4, 0.5) is 5.69 Å². The summed E-state index contributed by atoms with van der Waals surface area (Å²) in [6, 6.07) is 8.27. The van der Waals surface area contributed by atoms with Crippen molar-refractivity contribution >= 4 is 16.6 Å². The quantitative estimate of drug-likeness (QED) is 0.693. The number of benzene rings is 1. The summed E-state index contributed by atoms with van der Waals surface area (Å²) in [5, 5.41) is 7.89. The topological polar surface area (TPSA) is 46.2 Å². The maximum absolute atomic E-state index is 5.29. The summed E-state index contributed by atoms with van der Waals surface area (Å²) in [5.74, 6) is 0.673. The highest BCUT2D eigenvalue weighted by Gasteiger charge is 2.07. The zero-order valence-corrected chi connectivity index (χ0v) is 13.9. The molecule has 1 aromatic heterocycles. The van der Waals surface area contributed by atoms with Gasteiger partial charge >= 0.3 is 0 Å². The van der Waals surface area contributed by atoms with Gasteiger partial charge in [0, 0.05) is 18.0 Å². The molecule has 2 N–H and O–H groups in total. The predicted molar refractivity (Wildman–Crippen MR) is 93.9 cm³/mol. The zero-order chi connectivity index (χ0) is 15.8. The minimum atomic E-state index is 0.673. The van der Waals surface area contributed by atoms with E-state index in [0.29, 0.717) is 5.88 Å². The van der Waals surface area contributed by atoms with Crippen LogP contribution in [0.1, 0.15) is 31.2 Å². The van der Waals surface area contributed by atoms with Crippen molar-refractivity contribution in [2.75, 3.05) is 32.6 Å². The molecule has 0 fully saturated rings. The molecule has 0 aliphatic rings. The average Bonchev–Trinajstić information content (AvgIpc) is 2.54. The minimum absolute atomic E-state index is 0.673. The first-order valence-electron chi connectivity index (χ1n) is 8.09. The predicted octanol–water partition coefficient (Wildman–Crippen LogP) is 3.74. The van der Waals surface area contributed by atoms with Crippen LogP contribution in [0.15, 0.2) is 24.3 Å². The Bertz CT molecular complexity index is 598. The molecule has 1 aromatic carbocycles. The van der Waals surface area contributed by atoms with Crippen LogP contribution in [0.5, 0.6) is 5.88 Å². The molecule has 0 saturated carbocycles. The van der Waals surface area contributed by atoms with Gasteiger partial charge in [0.05, 0.1) is 18.3 Å². The molecular weight excluding hydrogens is 274 g/mol. The van der Waals surface area contributed by atoms with E-state index in [1.54, 1.807) is 7.11 Å². The lowest BCUT2D eigenvalue weighted by Crippen LogP contribution is -2.07. The number of fused-ring (bicyclic) bond motifs is 1. The van der Waals surface area contributed by atoms with Crippen LogP contribution in [0.3, 0.4) is 0 Å². The van der Waals surface area contributed by atoms with Crippen molar-refractivity contribution in [2.45, 2.75) is 32.6 Å². The zero-order valence-electron chi connectivity index (χ0n) is 13.9. The number of rotatable bonds is 9. The molecule has 2 aromatic rings. The summed E-state index contributed by atoms with van der Waals surface area (Å²) in [7, 11) is 3.67. The number of anilines is 1. The minimum Gasteiger partial charge on any atom is -0.481 e. The molecule has 0 aliphatic heterocycles. The third kappa shape index (κ3) is 4.34. The molecule has 0 amide bonds. The highest BCUT2D eigenvalue weighted by atomic mass is 16.5. The summed E-state index contributed by atoms with van der Waals surface area (Å²) in [4.78, 5) is 4.60. The second-order valence-corrected chi connectivity index (χ2v) is 5.63. The molecule has 0 aliphatic carbocycles. The van der Waals surface area contributed by atoms with E-state index in [2.05, 4.69) is 40.7 Å². The Morgan fingerprint density at radius 3 is 2.59 bits per heavy atom. The van der Waals surface area contributed by atoms with Crippen molar-refractivity contribution in [2.24, 2.45) is 0 Å². The van der Waals surface area contributed by atoms with E-state index < -0.39 is 0 Å². The maximum atomic E-state index is 5.29. The molecule has 0 radical (unpaired) electrons. The fourth-order valence-corrected chi connectivity index (χ4v) is 2.64. The third-order valence-electron chi connectivity index (χ3n) is 3.90. The third-order valence-corrected chi connectivity index (χ3v) is 3.90. The summed E-state index contributed by atoms with van der Waals surface area (Å²) < 4.78 is 5.29. The van der Waals surface area contributed by atoms with Gasteiger partial charge in [0.15, 0.2) is 0 Å². The van der Waals surface area contributed by atoms with E-state index in [-0.39, 0.29) is 0 Å². The fourth-order valence-electron chi connectivity index (χ4n) is 2.64. The van der Waals surface area contributed by atoms with Crippen molar-refractivity contribution in [1.82, 2.24) is 10.3 Å². The van der Waals surface area contributed by atoms with Gasteiger partial charge in [-0.05, 0) is 45.0 Å². The number of methoxy groups -OCH3 is 1. The lowest BCUT2D eigenvalue weighted by Gasteiger charge is -2.11. The number of para-hydroxylation sites is 1. The molecule has 120 valence electrons. The van der Waals surface area contributed by atoms with Gasteiger partial charge in [0.1, 0.15) is 0 Å². The van der Waals surface area contributed by atoms with Gasteiger partial charge in [-0.15, -0.1) is 0 Å². The van der Waals surface area contributed by atoms with Crippen molar-refractivity contribution in [3.8, 4) is 5.88 Å². The molecule has 0 saturated heterocycles. The molecule has 22 heavy (non-hydrogen) atoms. The lowest BCUT2D eigenvalue weighted by molar-refractivity contribution is 0.399. The standard InChI is InChI=1S/C18H27N3O/c1-14-13-17(22-3)21-18-15(14)9-8-10-16(18)20-12-7-5-4-6-11-19-2/h8-10,13,19-20H,4-7,11-12H2,1-3H3. The Balaban J connectivity index is 1.97. The molecule has 1 heterocycles. The molecule has 0 unspecified atom stereocenters. The van der Waals surface area contributed by atoms with E-state index >= 15 is 0 Å². The highest BCUT2D eigenvalue weighted by Crippen LogP contribution is 2.27. The van der Waals surface area contributed by atoms with Crippen LogP contribution in [-0.4, -0.2) is 32.2 Å². The fraction of sp³-hybridized carbons (Fsp3) is 0.500. The van der Waals surface area contributed by atoms with Gasteiger partial charge in [0.2, 0.25) is 5.88 Å². The first-order valence-corrected chi connectivity index (χ1v) is 8.09. The molecule has 0 atom stereocenters. The van der Waals surface area contributed by atoms with Crippen LogP contribution < -0.4 is 15.4 Å². The second-order valence-electron chi connectivity index (χ2n) is 5.63. The highest BCUT2D eigenvalue weighted by molar-refractivity contribution is 5.92. The first kappa shape index (κ1) is 16.6. The molecule has 2 rings (SSSR count). The number of nitrogens with zero attached hydrogens (tertiary/aromatic N) is 1. The largest absolute Gasteiger partial charge is 0.481 e. The van der Waals surface area contributed by atoms with Gasteiger partial charge in [-0.3, -0.25) is 0 Å². The van der Waals surface area contributed by atoms with Gasteiger partial charge in [-0.25, -0.2) is 4.98 Å². The Kier molecular flexibility index (Phi) is 6.46. The van der Waals surface area contributed by atoms with E-state index in [0.717, 1.165) is 24.3 Å². The monoisotopic (exact) mass is 301 g/mol. The number of nitrogens with one attached hydrogen (secondary N) is 2. The molecule has 4 nitrogen and oxygen atoms in total. The van der Waals surface area contributed by atoms with Crippen LogP contribution in [0.2, 0.25) is 0 Å². The van der Waals surface area contributed by atoms with Crippen LogP contribution in [-0.2, 0) is 0 Å². The van der Waals surface area contributed by atoms with Crippen LogP contribution in [0.25, 0.3) is 10.9 Å². The van der Waals surface area contributed by atoms with Gasteiger partial charge in [0.25, 0.3) is 0 Å². The Labute approximate surface area is 133 Å². The van der Waals surface area contributed by atoms with Gasteiger partial charge in [-0.2, -0.15) is 0 Å². The summed E-state index contributed by atoms with van der Waals surface area (Å²) in [6.07, 6.45) is 4.98. The van der Waals surface area contributed by atoms with Crippen molar-refractivity contribution in [3.63, 3.8) is 0 Å². The van der Waals surface area contributed by atoms with Crippen LogP contribution >= 0.6 is 0 Å². The van der Waals surface area contributed by atoms with E-state index in [9.17, 15) is 0 Å². The second kappa shape index (κ2) is 8.59. The van der Waals surface area contributed by atoms with E-state index in [4.69, 9.17) is 4.74 Å². The van der Waals surface area contributed by atoms with Gasteiger partial charge < -0.3 is 15.4 Å². The molecule has 0 bridgehead atoms. The first-order chi connectivity index (χ1) is 10.8. The van der Waals surface area contributed by atoms with Crippen molar-refractivity contribution in [3.05, 3.63) is 29.8 Å². The van der Waals surface area contributed by atoms with Crippen molar-refractivity contribution < 1.29 is 4.74 Å². The van der Waals surface area contributed by atoms with Gasteiger partial charge in [-0.1, -0.05) is 25.0 Å². The van der Waals surface area contributed by atoms with E-state index in [1.165, 1.54) is 36.6 Å². The normalized spacial score (nSPS) is 10.9. The number of hydrogen-bond acceptors (Lipinski definition) is 4. The Morgan fingerprint density at radius 1 is 1.09 bits per heavy atom. The Morgan fingerprint density at radius 2 is 1.86 bits per heavy atom. The number of aryl methyl sites for hydroxylation is 1. The van der Waals surface area contributed by atoms with E-state index in [1.807, 2.05) is 13.1 Å². The molecule has 0 spiro atoms. The summed E-state index contributed by atoms with van der Waals surface area (Å²) in [5.41, 5.74) is 3.28. The number of unbranched alkanes of at least 4 members (excludes halogenated alkanes) is 3. The number of aromatic nitrogens is 1. The van der Waals surface area contributed by atoms with Crippen LogP contribution in [0, 0.1) is 6.92 Å². The molecular formula is C18H27N3O. The molecule has 4 heteroatoms. The SMILES string of the molecule is CNCCCCCCNc1cccc2c(C)cc(OC)nc12. The van der Waals surface area contributed by atoms with Crippen molar-refractivity contribution in [1.29, 1.82) is 0 Å². The summed E-state index contributed by atoms with van der Waals surface area (Å²) >= 11 is 0. The Hall–Kier alpha value is -1.81. The number of pyridine rings is 1. The summed E-state index contributed by atoms with van der Waals surface area (Å²) in [6.45, 7) is 4.19. The maximum Gasteiger partial charge on any atom is 0.213 e. The average molecular weight is 301 g/mol. The number of hydrogen-bond donors (Lipinski definition) is 2. The smallest absolute Gasteiger partial charge is 0.213 e. The lowest BCUT2D eigenvalue weighted by atomic mass is 10.1.